The average molecular weight is 306 g/mol. The van der Waals surface area contributed by atoms with Gasteiger partial charge in [-0.1, -0.05) is 18.5 Å². The maximum Gasteiger partial charge on any atom is 0.211 e. The van der Waals surface area contributed by atoms with Crippen molar-refractivity contribution in [1.82, 2.24) is 14.6 Å². The minimum absolute atomic E-state index is 0.509. The molecule has 0 unspecified atom stereocenters. The number of hydrogen-bond donors (Lipinski definition) is 1. The minimum atomic E-state index is -3.08. The van der Waals surface area contributed by atoms with Gasteiger partial charge in [0.05, 0.1) is 11.3 Å². The zero-order chi connectivity index (χ0) is 14.3. The highest BCUT2D eigenvalue weighted by Crippen LogP contribution is 2.12. The van der Waals surface area contributed by atoms with Gasteiger partial charge in [-0.2, -0.15) is 0 Å². The first-order chi connectivity index (χ1) is 8.95. The Kier molecular flexibility index (Phi) is 6.71. The molecule has 1 rings (SSSR count). The summed E-state index contributed by atoms with van der Waals surface area (Å²) in [5.74, 6) is 0. The van der Waals surface area contributed by atoms with Gasteiger partial charge in [-0.05, 0) is 24.6 Å². The van der Waals surface area contributed by atoms with Crippen molar-refractivity contribution in [2.24, 2.45) is 0 Å². The number of aromatic nitrogens is 1. The van der Waals surface area contributed by atoms with Gasteiger partial charge in [0, 0.05) is 32.0 Å². The average Bonchev–Trinajstić information content (AvgIpc) is 2.34. The number of nitrogens with one attached hydrogen (secondary N) is 1. The number of nitrogens with zero attached hydrogens (tertiary/aromatic N) is 2. The zero-order valence-corrected chi connectivity index (χ0v) is 12.8. The second-order valence-corrected chi connectivity index (χ2v) is 6.64. The summed E-state index contributed by atoms with van der Waals surface area (Å²) in [6.07, 6.45) is 5.32. The molecule has 0 aromatic carbocycles. The molecule has 0 aliphatic rings. The summed E-state index contributed by atoms with van der Waals surface area (Å²) in [7, 11) is -3.08. The van der Waals surface area contributed by atoms with E-state index in [1.807, 2.05) is 13.0 Å². The van der Waals surface area contributed by atoms with Gasteiger partial charge in [0.15, 0.2) is 0 Å². The molecule has 1 aromatic heterocycles. The first-order valence-electron chi connectivity index (χ1n) is 6.19. The molecular weight excluding hydrogens is 286 g/mol. The van der Waals surface area contributed by atoms with Gasteiger partial charge >= 0.3 is 0 Å². The number of sulfonamides is 1. The van der Waals surface area contributed by atoms with Gasteiger partial charge in [-0.3, -0.25) is 4.98 Å². The molecule has 0 radical (unpaired) electrons. The van der Waals surface area contributed by atoms with Crippen LogP contribution in [0.1, 0.15) is 18.9 Å². The maximum absolute atomic E-state index is 11.4. The van der Waals surface area contributed by atoms with E-state index >= 15 is 0 Å². The Morgan fingerprint density at radius 1 is 1.47 bits per heavy atom. The van der Waals surface area contributed by atoms with E-state index in [9.17, 15) is 8.42 Å². The van der Waals surface area contributed by atoms with E-state index in [-0.39, 0.29) is 0 Å². The summed E-state index contributed by atoms with van der Waals surface area (Å²) in [5.41, 5.74) is 0.993. The molecular formula is C12H20ClN3O2S. The molecule has 108 valence electrons. The molecule has 1 N–H and O–H groups in total. The summed E-state index contributed by atoms with van der Waals surface area (Å²) >= 11 is 5.98. The first kappa shape index (κ1) is 16.4. The summed E-state index contributed by atoms with van der Waals surface area (Å²) in [6.45, 7) is 4.28. The van der Waals surface area contributed by atoms with Crippen molar-refractivity contribution in [3.8, 4) is 0 Å². The molecule has 0 amide bonds. The highest BCUT2D eigenvalue weighted by molar-refractivity contribution is 7.88. The Balaban J connectivity index is 2.27. The Morgan fingerprint density at radius 3 is 2.79 bits per heavy atom. The quantitative estimate of drug-likeness (QED) is 0.739. The Hall–Kier alpha value is -0.690. The van der Waals surface area contributed by atoms with Crippen LogP contribution in [0.5, 0.6) is 0 Å². The molecule has 7 heteroatoms. The highest BCUT2D eigenvalue weighted by Gasteiger charge is 2.12. The topological polar surface area (TPSA) is 62.3 Å². The second-order valence-electron chi connectivity index (χ2n) is 4.25. The summed E-state index contributed by atoms with van der Waals surface area (Å²) in [4.78, 5) is 3.92. The zero-order valence-electron chi connectivity index (χ0n) is 11.3. The normalized spacial score (nSPS) is 12.0. The number of halogens is 1. The molecule has 0 fully saturated rings. The molecule has 1 heterocycles. The van der Waals surface area contributed by atoms with Crippen LogP contribution in [-0.4, -0.2) is 43.6 Å². The largest absolute Gasteiger partial charge is 0.313 e. The molecule has 0 saturated heterocycles. The van der Waals surface area contributed by atoms with E-state index in [0.29, 0.717) is 24.7 Å². The monoisotopic (exact) mass is 305 g/mol. The van der Waals surface area contributed by atoms with Gasteiger partial charge in [-0.15, -0.1) is 0 Å². The Morgan fingerprint density at radius 2 is 2.21 bits per heavy atom. The van der Waals surface area contributed by atoms with Gasteiger partial charge in [0.25, 0.3) is 0 Å². The van der Waals surface area contributed by atoms with Crippen molar-refractivity contribution in [1.29, 1.82) is 0 Å². The lowest BCUT2D eigenvalue weighted by Gasteiger charge is -2.17. The third-order valence-electron chi connectivity index (χ3n) is 2.75. The molecule has 0 spiro atoms. The lowest BCUT2D eigenvalue weighted by atomic mass is 10.2. The molecule has 1 aromatic rings. The van der Waals surface area contributed by atoms with Crippen molar-refractivity contribution in [3.05, 3.63) is 29.0 Å². The van der Waals surface area contributed by atoms with Crippen molar-refractivity contribution in [2.75, 3.05) is 25.9 Å². The predicted molar refractivity (Wildman–Crippen MR) is 77.7 cm³/mol. The van der Waals surface area contributed by atoms with Crippen LogP contribution in [0.15, 0.2) is 18.5 Å². The van der Waals surface area contributed by atoms with E-state index in [1.54, 1.807) is 12.4 Å². The van der Waals surface area contributed by atoms with Crippen molar-refractivity contribution in [3.63, 3.8) is 0 Å². The van der Waals surface area contributed by atoms with Crippen LogP contribution in [0.25, 0.3) is 0 Å². The SMILES string of the molecule is CCN(CCCNCc1ccncc1Cl)S(C)(=O)=O. The van der Waals surface area contributed by atoms with Gasteiger partial charge < -0.3 is 5.32 Å². The van der Waals surface area contributed by atoms with Crippen LogP contribution in [0.2, 0.25) is 5.02 Å². The fraction of sp³-hybridized carbons (Fsp3) is 0.583. The van der Waals surface area contributed by atoms with Crippen molar-refractivity contribution < 1.29 is 8.42 Å². The summed E-state index contributed by atoms with van der Waals surface area (Å²) in [5, 5.41) is 3.88. The van der Waals surface area contributed by atoms with Crippen LogP contribution in [0, 0.1) is 0 Å². The third-order valence-corrected chi connectivity index (χ3v) is 4.47. The molecule has 5 nitrogen and oxygen atoms in total. The standard InChI is InChI=1S/C12H20ClN3O2S/c1-3-16(19(2,17)18)8-4-6-14-9-11-5-7-15-10-12(11)13/h5,7,10,14H,3-4,6,8-9H2,1-2H3. The molecule has 0 atom stereocenters. The van der Waals surface area contributed by atoms with Gasteiger partial charge in [0.1, 0.15) is 0 Å². The fourth-order valence-electron chi connectivity index (χ4n) is 1.71. The number of hydrogen-bond acceptors (Lipinski definition) is 4. The lowest BCUT2D eigenvalue weighted by Crippen LogP contribution is -2.32. The third kappa shape index (κ3) is 5.86. The van der Waals surface area contributed by atoms with Crippen molar-refractivity contribution in [2.45, 2.75) is 19.9 Å². The van der Waals surface area contributed by atoms with Crippen molar-refractivity contribution >= 4 is 21.6 Å². The summed E-state index contributed by atoms with van der Waals surface area (Å²) in [6, 6.07) is 1.87. The summed E-state index contributed by atoms with van der Waals surface area (Å²) < 4.78 is 24.2. The van der Waals surface area contributed by atoms with Crippen LogP contribution in [0.3, 0.4) is 0 Å². The van der Waals surface area contributed by atoms with Crippen LogP contribution in [0.4, 0.5) is 0 Å². The highest BCUT2D eigenvalue weighted by atomic mass is 35.5. The second kappa shape index (κ2) is 7.79. The van der Waals surface area contributed by atoms with Crippen LogP contribution in [-0.2, 0) is 16.6 Å². The van der Waals surface area contributed by atoms with E-state index < -0.39 is 10.0 Å². The molecule has 0 aliphatic carbocycles. The molecule has 0 bridgehead atoms. The van der Waals surface area contributed by atoms with E-state index in [1.165, 1.54) is 10.6 Å². The smallest absolute Gasteiger partial charge is 0.211 e. The Labute approximate surface area is 120 Å². The fourth-order valence-corrected chi connectivity index (χ4v) is 2.83. The first-order valence-corrected chi connectivity index (χ1v) is 8.42. The minimum Gasteiger partial charge on any atom is -0.313 e. The van der Waals surface area contributed by atoms with E-state index in [0.717, 1.165) is 18.5 Å². The molecule has 0 saturated carbocycles. The Bertz CT molecular complexity index is 494. The molecule has 0 aliphatic heterocycles. The predicted octanol–water partition coefficient (Wildman–Crippen LogP) is 1.50. The molecule has 19 heavy (non-hydrogen) atoms. The number of pyridine rings is 1. The van der Waals surface area contributed by atoms with Gasteiger partial charge in [0.2, 0.25) is 10.0 Å². The maximum atomic E-state index is 11.4. The van der Waals surface area contributed by atoms with Crippen LogP contribution < -0.4 is 5.32 Å². The van der Waals surface area contributed by atoms with Crippen LogP contribution >= 0.6 is 11.6 Å². The van der Waals surface area contributed by atoms with E-state index in [4.69, 9.17) is 11.6 Å². The van der Waals surface area contributed by atoms with Gasteiger partial charge in [-0.25, -0.2) is 12.7 Å². The lowest BCUT2D eigenvalue weighted by molar-refractivity contribution is 0.419. The number of rotatable bonds is 8. The van der Waals surface area contributed by atoms with E-state index in [2.05, 4.69) is 10.3 Å².